The Morgan fingerprint density at radius 1 is 0.667 bits per heavy atom. The first kappa shape index (κ1) is 16.3. The van der Waals surface area contributed by atoms with Crippen molar-refractivity contribution < 1.29 is 0 Å². The quantitative estimate of drug-likeness (QED) is 0.555. The summed E-state index contributed by atoms with van der Waals surface area (Å²) in [6.07, 6.45) is 0. The summed E-state index contributed by atoms with van der Waals surface area (Å²) in [6.45, 7) is 13.2. The van der Waals surface area contributed by atoms with Gasteiger partial charge in [0.25, 0.3) is 0 Å². The van der Waals surface area contributed by atoms with E-state index in [1.54, 1.807) is 0 Å². The molecule has 0 fully saturated rings. The maximum atomic E-state index is 6.54. The molecule has 0 amide bonds. The number of aryl methyl sites for hydroxylation is 6. The summed E-state index contributed by atoms with van der Waals surface area (Å²) >= 11 is 6.54. The molecule has 0 N–H and O–H groups in total. The van der Waals surface area contributed by atoms with Gasteiger partial charge in [-0.15, -0.1) is 0 Å². The minimum Gasteiger partial charge on any atom is -0.175 e. The highest BCUT2D eigenvalue weighted by molar-refractivity contribution is 6.94. The van der Waals surface area contributed by atoms with Gasteiger partial charge in [0.15, 0.2) is 0 Å². The van der Waals surface area contributed by atoms with E-state index in [1.807, 2.05) is 0 Å². The molecule has 0 heterocycles. The third-order valence-electron chi connectivity index (χ3n) is 4.33. The van der Waals surface area contributed by atoms with E-state index in [1.165, 1.54) is 44.5 Å². The van der Waals surface area contributed by atoms with Gasteiger partial charge in [0, 0.05) is 5.54 Å². The zero-order valence-corrected chi connectivity index (χ0v) is 16.1. The average Bonchev–Trinajstić information content (AvgIpc) is 2.34. The van der Waals surface area contributed by atoms with Gasteiger partial charge in [-0.2, -0.15) is 11.1 Å². The second-order valence-electron chi connectivity index (χ2n) is 6.33. The third-order valence-corrected chi connectivity index (χ3v) is 6.38. The van der Waals surface area contributed by atoms with Crippen LogP contribution in [0.4, 0.5) is 0 Å². The summed E-state index contributed by atoms with van der Waals surface area (Å²) in [7, 11) is -0.706. The first-order chi connectivity index (χ1) is 9.85. The lowest BCUT2D eigenvalue weighted by molar-refractivity contribution is 1.03. The Morgan fingerprint density at radius 2 is 0.952 bits per heavy atom. The van der Waals surface area contributed by atoms with Gasteiger partial charge >= 0.3 is 0 Å². The second kappa shape index (κ2) is 6.37. The number of rotatable bonds is 3. The molecule has 0 saturated heterocycles. The van der Waals surface area contributed by atoms with Gasteiger partial charge in [-0.05, 0) is 74.9 Å². The number of hydrogen-bond acceptors (Lipinski definition) is 0. The Hall–Kier alpha value is -1.05. The smallest absolute Gasteiger partial charge is 0.137 e. The Balaban J connectivity index is 2.66. The largest absolute Gasteiger partial charge is 0.175 e. The van der Waals surface area contributed by atoms with Crippen molar-refractivity contribution in [2.45, 2.75) is 47.1 Å². The van der Waals surface area contributed by atoms with Crippen molar-refractivity contribution in [3.63, 3.8) is 0 Å². The van der Waals surface area contributed by atoms with Crippen LogP contribution in [0.5, 0.6) is 0 Å². The number of hydrogen-bond donors (Lipinski definition) is 0. The molecule has 2 aromatic carbocycles. The summed E-state index contributed by atoms with van der Waals surface area (Å²) < 4.78 is 0. The van der Waals surface area contributed by atoms with Gasteiger partial charge in [0.05, 0.1) is 0 Å². The molecule has 21 heavy (non-hydrogen) atoms. The second-order valence-corrected chi connectivity index (χ2v) is 8.38. The molecule has 0 nitrogen and oxygen atoms in total. The lowest BCUT2D eigenvalue weighted by Crippen LogP contribution is -2.13. The van der Waals surface area contributed by atoms with Crippen LogP contribution in [0.3, 0.4) is 0 Å². The minimum absolute atomic E-state index is 0.410. The van der Waals surface area contributed by atoms with E-state index in [4.69, 9.17) is 11.1 Å². The lowest BCUT2D eigenvalue weighted by Gasteiger charge is -2.24. The van der Waals surface area contributed by atoms with Crippen LogP contribution in [0.1, 0.15) is 50.0 Å². The molecular weight excluding hydrogens is 292 g/mol. The van der Waals surface area contributed by atoms with E-state index >= 15 is 0 Å². The fourth-order valence-corrected chi connectivity index (χ4v) is 6.30. The Labute approximate surface area is 136 Å². The first-order valence-corrected chi connectivity index (χ1v) is 10.5. The first-order valence-electron chi connectivity index (χ1n) is 7.56. The van der Waals surface area contributed by atoms with Crippen molar-refractivity contribution in [3.8, 4) is 0 Å². The van der Waals surface area contributed by atoms with Crippen LogP contribution in [0.25, 0.3) is 0 Å². The highest BCUT2D eigenvalue weighted by Crippen LogP contribution is 2.34. The van der Waals surface area contributed by atoms with Crippen molar-refractivity contribution in [3.05, 3.63) is 68.8 Å². The van der Waals surface area contributed by atoms with Crippen molar-refractivity contribution in [2.75, 3.05) is 0 Å². The van der Waals surface area contributed by atoms with Crippen LogP contribution in [-0.4, -0.2) is 8.83 Å². The zero-order chi connectivity index (χ0) is 15.7. The predicted octanol–water partition coefficient (Wildman–Crippen LogP) is 4.95. The molecule has 0 aromatic heterocycles. The molecule has 0 atom stereocenters. The minimum atomic E-state index is -0.706. The fraction of sp³-hybridized carbons (Fsp3) is 0.368. The topological polar surface area (TPSA) is 0 Å². The maximum absolute atomic E-state index is 6.54. The molecule has 0 saturated carbocycles. The molecule has 2 rings (SSSR count). The van der Waals surface area contributed by atoms with Gasteiger partial charge in [-0.3, -0.25) is 0 Å². The zero-order valence-electron chi connectivity index (χ0n) is 14.0. The molecule has 0 aliphatic heterocycles. The van der Waals surface area contributed by atoms with Crippen LogP contribution in [0.2, 0.25) is 0 Å². The predicted molar refractivity (Wildman–Crippen MR) is 97.5 cm³/mol. The van der Waals surface area contributed by atoms with Crippen LogP contribution in [0, 0.1) is 41.5 Å². The summed E-state index contributed by atoms with van der Waals surface area (Å²) in [4.78, 5) is 0. The fourth-order valence-electron chi connectivity index (χ4n) is 3.78. The molecule has 2 aromatic rings. The van der Waals surface area contributed by atoms with E-state index in [2.05, 4.69) is 65.8 Å². The van der Waals surface area contributed by atoms with E-state index in [0.29, 0.717) is 5.54 Å². The van der Waals surface area contributed by atoms with Gasteiger partial charge in [0.2, 0.25) is 0 Å². The van der Waals surface area contributed by atoms with Gasteiger partial charge in [-0.25, -0.2) is 0 Å². The van der Waals surface area contributed by atoms with E-state index < -0.39 is 8.83 Å². The summed E-state index contributed by atoms with van der Waals surface area (Å²) in [6, 6.07) is 9.15. The van der Waals surface area contributed by atoms with Crippen molar-refractivity contribution in [1.29, 1.82) is 0 Å². The maximum Gasteiger partial charge on any atom is 0.137 e. The van der Waals surface area contributed by atoms with Crippen molar-refractivity contribution in [1.82, 2.24) is 0 Å². The summed E-state index contributed by atoms with van der Waals surface area (Å²) in [5.74, 6) is 0. The average molecular weight is 317 g/mol. The molecular formula is C19H25ClSi. The normalized spacial score (nSPS) is 11.8. The van der Waals surface area contributed by atoms with Gasteiger partial charge in [0.1, 0.15) is 8.83 Å². The third kappa shape index (κ3) is 3.25. The van der Waals surface area contributed by atoms with Crippen molar-refractivity contribution in [2.24, 2.45) is 0 Å². The molecule has 0 spiro atoms. The lowest BCUT2D eigenvalue weighted by atomic mass is 9.89. The highest BCUT2D eigenvalue weighted by Gasteiger charge is 2.21. The molecule has 112 valence electrons. The highest BCUT2D eigenvalue weighted by atomic mass is 35.6. The van der Waals surface area contributed by atoms with Crippen molar-refractivity contribution >= 4 is 19.9 Å². The summed E-state index contributed by atoms with van der Waals surface area (Å²) in [5.41, 5.74) is 11.5. The van der Waals surface area contributed by atoms with Crippen LogP contribution < -0.4 is 0 Å². The molecule has 0 aliphatic carbocycles. The number of benzene rings is 2. The van der Waals surface area contributed by atoms with E-state index in [0.717, 1.165) is 0 Å². The monoisotopic (exact) mass is 316 g/mol. The SMILES string of the molecule is Cc1cc(C)c(C([SiH2]Cl)c2c(C)cc(C)cc2C)c(C)c1. The van der Waals surface area contributed by atoms with Crippen LogP contribution in [-0.2, 0) is 0 Å². The van der Waals surface area contributed by atoms with Crippen LogP contribution >= 0.6 is 11.1 Å². The Kier molecular flexibility index (Phi) is 4.95. The standard InChI is InChI=1S/C19H25ClSi/c1-11-7-13(3)17(14(4)8-11)19(21-20)18-15(5)9-12(2)10-16(18)6/h7-10,19H,21H2,1-6H3. The van der Waals surface area contributed by atoms with E-state index in [9.17, 15) is 0 Å². The van der Waals surface area contributed by atoms with Crippen LogP contribution in [0.15, 0.2) is 24.3 Å². The molecule has 0 unspecified atom stereocenters. The molecule has 0 bridgehead atoms. The molecule has 0 radical (unpaired) electrons. The molecule has 0 aliphatic rings. The van der Waals surface area contributed by atoms with Gasteiger partial charge < -0.3 is 0 Å². The summed E-state index contributed by atoms with van der Waals surface area (Å²) in [5, 5.41) is 0. The molecule has 2 heteroatoms. The number of halogens is 1. The van der Waals surface area contributed by atoms with Gasteiger partial charge in [-0.1, -0.05) is 35.4 Å². The Morgan fingerprint density at radius 3 is 1.19 bits per heavy atom. The Bertz CT molecular complexity index is 570. The van der Waals surface area contributed by atoms with E-state index in [-0.39, 0.29) is 0 Å².